The maximum absolute atomic E-state index is 13.8. The number of hydrogen-bond donors (Lipinski definition) is 1. The lowest BCUT2D eigenvalue weighted by molar-refractivity contribution is -0.146. The fourth-order valence-electron chi connectivity index (χ4n) is 5.70. The van der Waals surface area contributed by atoms with E-state index in [9.17, 15) is 9.59 Å². The molecule has 1 unspecified atom stereocenters. The van der Waals surface area contributed by atoms with Gasteiger partial charge in [-0.1, -0.05) is 54.0 Å². The largest absolute Gasteiger partial charge is 0.493 e. The molecule has 1 aliphatic carbocycles. The summed E-state index contributed by atoms with van der Waals surface area (Å²) in [6, 6.07) is 12.5. The number of carbonyl (C=O) groups is 2. The highest BCUT2D eigenvalue weighted by Gasteiger charge is 2.37. The predicted molar refractivity (Wildman–Crippen MR) is 175 cm³/mol. The quantitative estimate of drug-likeness (QED) is 0.170. The maximum atomic E-state index is 13.8. The van der Waals surface area contributed by atoms with E-state index in [-0.39, 0.29) is 24.6 Å². The van der Waals surface area contributed by atoms with Gasteiger partial charge < -0.3 is 24.4 Å². The van der Waals surface area contributed by atoms with Gasteiger partial charge in [0, 0.05) is 29.6 Å². The van der Waals surface area contributed by atoms with E-state index in [0.29, 0.717) is 57.7 Å². The molecule has 1 aromatic heterocycles. The monoisotopic (exact) mass is 653 g/mol. The van der Waals surface area contributed by atoms with Crippen molar-refractivity contribution in [2.45, 2.75) is 75.9 Å². The minimum absolute atomic E-state index is 0.107. The molecule has 1 atom stereocenters. The van der Waals surface area contributed by atoms with Crippen LogP contribution in [0.5, 0.6) is 11.5 Å². The molecule has 2 aromatic carbocycles. The summed E-state index contributed by atoms with van der Waals surface area (Å²) < 4.78 is 19.4. The highest BCUT2D eigenvalue weighted by atomic mass is 35.5. The second-order valence-corrected chi connectivity index (χ2v) is 12.4. The van der Waals surface area contributed by atoms with Gasteiger partial charge in [-0.15, -0.1) is 5.10 Å². The van der Waals surface area contributed by atoms with Gasteiger partial charge >= 0.3 is 5.97 Å². The van der Waals surface area contributed by atoms with Gasteiger partial charge in [-0.05, 0) is 75.8 Å². The minimum Gasteiger partial charge on any atom is -0.493 e. The molecule has 1 aliphatic heterocycles. The number of esters is 1. The maximum Gasteiger partial charge on any atom is 0.338 e. The average molecular weight is 654 g/mol. The van der Waals surface area contributed by atoms with Crippen LogP contribution in [0.2, 0.25) is 5.02 Å². The Kier molecular flexibility index (Phi) is 10.9. The van der Waals surface area contributed by atoms with E-state index in [1.807, 2.05) is 57.2 Å². The Morgan fingerprint density at radius 3 is 2.56 bits per heavy atom. The van der Waals surface area contributed by atoms with Gasteiger partial charge in [0.1, 0.15) is 12.1 Å². The van der Waals surface area contributed by atoms with Crippen LogP contribution in [0, 0.1) is 0 Å². The van der Waals surface area contributed by atoms with E-state index >= 15 is 0 Å². The standard InChI is InChI=1S/C33H40ClN5O5S/c1-5-38(6-2)28(40)19-43-26-17-16-22(18-27(26)42-4)30-29(31(41)44-24-13-8-7-9-14-24)21(3)35-32-36-33(37-39(30)32)45-20-23-12-10-11-15-25(23)34/h10-12,15-18,24,30H,5-9,13-14,19-20H2,1-4H3,(H,35,36,37). The summed E-state index contributed by atoms with van der Waals surface area (Å²) in [5.74, 6) is 1.47. The van der Waals surface area contributed by atoms with Gasteiger partial charge in [-0.2, -0.15) is 4.98 Å². The second-order valence-electron chi connectivity index (χ2n) is 11.0. The third-order valence-electron chi connectivity index (χ3n) is 8.16. The number of aromatic nitrogens is 3. The Morgan fingerprint density at radius 2 is 1.84 bits per heavy atom. The summed E-state index contributed by atoms with van der Waals surface area (Å²) in [6.07, 6.45) is 4.86. The summed E-state index contributed by atoms with van der Waals surface area (Å²) in [6.45, 7) is 6.82. The average Bonchev–Trinajstić information content (AvgIpc) is 3.46. The van der Waals surface area contributed by atoms with Crippen LogP contribution in [0.1, 0.15) is 70.0 Å². The fourth-order valence-corrected chi connectivity index (χ4v) is 6.82. The van der Waals surface area contributed by atoms with Crippen LogP contribution in [0.4, 0.5) is 5.95 Å². The molecular weight excluding hydrogens is 614 g/mol. The number of rotatable bonds is 12. The molecule has 0 saturated heterocycles. The molecule has 240 valence electrons. The Labute approximate surface area is 273 Å². The molecular formula is C33H40ClN5O5S. The zero-order valence-electron chi connectivity index (χ0n) is 26.2. The van der Waals surface area contributed by atoms with Crippen LogP contribution in [-0.4, -0.2) is 64.5 Å². The van der Waals surface area contributed by atoms with Gasteiger partial charge in [0.2, 0.25) is 11.1 Å². The van der Waals surface area contributed by atoms with Gasteiger partial charge in [-0.3, -0.25) is 4.79 Å². The first-order valence-corrected chi connectivity index (χ1v) is 16.8. The van der Waals surface area contributed by atoms with E-state index in [4.69, 9.17) is 35.9 Å². The molecule has 1 saturated carbocycles. The summed E-state index contributed by atoms with van der Waals surface area (Å²) in [5.41, 5.74) is 2.81. The molecule has 2 heterocycles. The molecule has 45 heavy (non-hydrogen) atoms. The Balaban J connectivity index is 1.46. The molecule has 0 bridgehead atoms. The van der Waals surface area contributed by atoms with Crippen molar-refractivity contribution in [3.8, 4) is 11.5 Å². The van der Waals surface area contributed by atoms with Crippen molar-refractivity contribution in [2.75, 3.05) is 32.1 Å². The number of halogens is 1. The number of thioether (sulfide) groups is 1. The first kappa shape index (κ1) is 32.7. The lowest BCUT2D eigenvalue weighted by Crippen LogP contribution is -2.34. The molecule has 2 aliphatic rings. The number of anilines is 1. The molecule has 0 radical (unpaired) electrons. The lowest BCUT2D eigenvalue weighted by atomic mass is 9.94. The Bertz CT molecular complexity index is 1550. The molecule has 12 heteroatoms. The Morgan fingerprint density at radius 1 is 1.09 bits per heavy atom. The van der Waals surface area contributed by atoms with Crippen LogP contribution in [-0.2, 0) is 20.1 Å². The number of hydrogen-bond acceptors (Lipinski definition) is 9. The van der Waals surface area contributed by atoms with Gasteiger partial charge in [0.15, 0.2) is 18.1 Å². The molecule has 3 aromatic rings. The number of nitrogens with zero attached hydrogens (tertiary/aromatic N) is 4. The molecule has 0 spiro atoms. The molecule has 1 amide bonds. The fraction of sp³-hybridized carbons (Fsp3) is 0.455. The number of allylic oxidation sites excluding steroid dienone is 1. The second kappa shape index (κ2) is 15.1. The van der Waals surface area contributed by atoms with Crippen LogP contribution < -0.4 is 14.8 Å². The van der Waals surface area contributed by atoms with Crippen LogP contribution in [0.15, 0.2) is 58.9 Å². The van der Waals surface area contributed by atoms with E-state index < -0.39 is 6.04 Å². The Hall–Kier alpha value is -3.70. The normalized spacial score (nSPS) is 16.5. The number of likely N-dealkylation sites (N-methyl/N-ethyl adjacent to an activating group) is 1. The van der Waals surface area contributed by atoms with Crippen molar-refractivity contribution in [1.82, 2.24) is 19.7 Å². The van der Waals surface area contributed by atoms with Crippen LogP contribution in [0.25, 0.3) is 0 Å². The third kappa shape index (κ3) is 7.58. The highest BCUT2D eigenvalue weighted by Crippen LogP contribution is 2.40. The molecule has 10 nitrogen and oxygen atoms in total. The summed E-state index contributed by atoms with van der Waals surface area (Å²) in [4.78, 5) is 32.9. The van der Waals surface area contributed by atoms with E-state index in [1.54, 1.807) is 22.8 Å². The van der Waals surface area contributed by atoms with Crippen molar-refractivity contribution >= 4 is 41.2 Å². The number of ether oxygens (including phenoxy) is 3. The van der Waals surface area contributed by atoms with Gasteiger partial charge in [-0.25, -0.2) is 9.48 Å². The topological polar surface area (TPSA) is 108 Å². The molecule has 1 N–H and O–H groups in total. The van der Waals surface area contributed by atoms with Crippen LogP contribution in [0.3, 0.4) is 0 Å². The summed E-state index contributed by atoms with van der Waals surface area (Å²) in [7, 11) is 1.55. The van der Waals surface area contributed by atoms with Crippen LogP contribution >= 0.6 is 23.4 Å². The zero-order valence-corrected chi connectivity index (χ0v) is 27.7. The lowest BCUT2D eigenvalue weighted by Gasteiger charge is -2.30. The van der Waals surface area contributed by atoms with Crippen molar-refractivity contribution in [2.24, 2.45) is 0 Å². The number of fused-ring (bicyclic) bond motifs is 1. The van der Waals surface area contributed by atoms with E-state index in [1.165, 1.54) is 11.8 Å². The summed E-state index contributed by atoms with van der Waals surface area (Å²) >= 11 is 7.85. The van der Waals surface area contributed by atoms with Gasteiger partial charge in [0.05, 0.1) is 12.7 Å². The molecule has 5 rings (SSSR count). The number of carbonyl (C=O) groups excluding carboxylic acids is 2. The number of methoxy groups -OCH3 is 1. The zero-order chi connectivity index (χ0) is 31.9. The van der Waals surface area contributed by atoms with Crippen molar-refractivity contribution < 1.29 is 23.8 Å². The highest BCUT2D eigenvalue weighted by molar-refractivity contribution is 7.98. The minimum atomic E-state index is -0.639. The molecule has 1 fully saturated rings. The van der Waals surface area contributed by atoms with Crippen molar-refractivity contribution in [1.29, 1.82) is 0 Å². The van der Waals surface area contributed by atoms with Crippen molar-refractivity contribution in [3.63, 3.8) is 0 Å². The number of benzene rings is 2. The smallest absolute Gasteiger partial charge is 0.338 e. The third-order valence-corrected chi connectivity index (χ3v) is 9.42. The summed E-state index contributed by atoms with van der Waals surface area (Å²) in [5, 5.41) is 9.35. The van der Waals surface area contributed by atoms with E-state index in [2.05, 4.69) is 5.32 Å². The number of nitrogens with one attached hydrogen (secondary N) is 1. The van der Waals surface area contributed by atoms with E-state index in [0.717, 1.165) is 43.2 Å². The predicted octanol–water partition coefficient (Wildman–Crippen LogP) is 6.64. The van der Waals surface area contributed by atoms with Gasteiger partial charge in [0.25, 0.3) is 5.91 Å². The first-order valence-electron chi connectivity index (χ1n) is 15.4. The van der Waals surface area contributed by atoms with Crippen molar-refractivity contribution in [3.05, 3.63) is 69.9 Å². The SMILES string of the molecule is CCN(CC)C(=O)COc1ccc(C2C(C(=O)OC3CCCCC3)=C(C)Nc3nc(SCc4ccccc4Cl)nn32)cc1OC. The first-order chi connectivity index (χ1) is 21.8. The number of amides is 1.